The quantitative estimate of drug-likeness (QED) is 0.789. The minimum Gasteiger partial charge on any atom is -0.334 e. The van der Waals surface area contributed by atoms with Crippen molar-refractivity contribution in [2.24, 2.45) is 0 Å². The molecule has 0 spiro atoms. The fraction of sp³-hybridized carbons (Fsp3) is 0.647. The van der Waals surface area contributed by atoms with E-state index in [0.29, 0.717) is 6.04 Å². The van der Waals surface area contributed by atoms with Gasteiger partial charge in [-0.25, -0.2) is 4.98 Å². The summed E-state index contributed by atoms with van der Waals surface area (Å²) in [6.45, 7) is 6.48. The standard InChI is InChI=1S/C17H27N5/c1-2-10-20-14-9-18-17(20)15-21-11-4-3-6-16(21)7-13-22-12-5-8-19-22/h5,8-9,12,14,16H,2-4,6-7,10-11,13,15H2,1H3/t16-/m0/s1. The van der Waals surface area contributed by atoms with E-state index in [2.05, 4.69) is 38.9 Å². The summed E-state index contributed by atoms with van der Waals surface area (Å²) in [5, 5.41) is 4.32. The normalized spacial score (nSPS) is 19.6. The first kappa shape index (κ1) is 15.3. The van der Waals surface area contributed by atoms with Crippen LogP contribution in [0.1, 0.15) is 44.9 Å². The SMILES string of the molecule is CCCn1ccnc1CN1CCCC[C@H]1CCn1cccn1. The number of hydrogen-bond acceptors (Lipinski definition) is 3. The number of nitrogens with zero attached hydrogens (tertiary/aromatic N) is 5. The highest BCUT2D eigenvalue weighted by Crippen LogP contribution is 2.22. The Kier molecular flexibility index (Phi) is 5.27. The molecule has 0 unspecified atom stereocenters. The molecular formula is C17H27N5. The van der Waals surface area contributed by atoms with Gasteiger partial charge in [0, 0.05) is 43.9 Å². The minimum absolute atomic E-state index is 0.657. The molecule has 0 bridgehead atoms. The highest BCUT2D eigenvalue weighted by Gasteiger charge is 2.23. The van der Waals surface area contributed by atoms with Crippen LogP contribution >= 0.6 is 0 Å². The third kappa shape index (κ3) is 3.77. The van der Waals surface area contributed by atoms with Crippen LogP contribution in [0.5, 0.6) is 0 Å². The Balaban J connectivity index is 1.60. The maximum atomic E-state index is 4.58. The topological polar surface area (TPSA) is 38.9 Å². The van der Waals surface area contributed by atoms with Gasteiger partial charge < -0.3 is 4.57 Å². The first-order chi connectivity index (χ1) is 10.9. The van der Waals surface area contributed by atoms with Crippen LogP contribution in [0.4, 0.5) is 0 Å². The molecule has 0 radical (unpaired) electrons. The summed E-state index contributed by atoms with van der Waals surface area (Å²) in [5.74, 6) is 1.22. The molecule has 2 aromatic rings. The number of aryl methyl sites for hydroxylation is 2. The van der Waals surface area contributed by atoms with E-state index in [1.807, 2.05) is 23.1 Å². The monoisotopic (exact) mass is 301 g/mol. The molecule has 1 aliphatic rings. The van der Waals surface area contributed by atoms with Crippen molar-refractivity contribution in [1.29, 1.82) is 0 Å². The Bertz CT molecular complexity index is 545. The lowest BCUT2D eigenvalue weighted by Gasteiger charge is -2.35. The van der Waals surface area contributed by atoms with E-state index in [0.717, 1.165) is 26.1 Å². The Morgan fingerprint density at radius 3 is 2.95 bits per heavy atom. The second kappa shape index (κ2) is 7.58. The van der Waals surface area contributed by atoms with Gasteiger partial charge in [0.05, 0.1) is 6.54 Å². The summed E-state index contributed by atoms with van der Waals surface area (Å²) in [5.41, 5.74) is 0. The molecule has 2 aromatic heterocycles. The largest absolute Gasteiger partial charge is 0.334 e. The van der Waals surface area contributed by atoms with E-state index in [-0.39, 0.29) is 0 Å². The van der Waals surface area contributed by atoms with Crippen LogP contribution in [0.25, 0.3) is 0 Å². The van der Waals surface area contributed by atoms with Gasteiger partial charge in [0.25, 0.3) is 0 Å². The molecular weight excluding hydrogens is 274 g/mol. The van der Waals surface area contributed by atoms with Crippen molar-refractivity contribution in [1.82, 2.24) is 24.2 Å². The van der Waals surface area contributed by atoms with Crippen molar-refractivity contribution in [3.63, 3.8) is 0 Å². The molecule has 0 amide bonds. The summed E-state index contributed by atoms with van der Waals surface area (Å²) in [4.78, 5) is 7.20. The van der Waals surface area contributed by atoms with Gasteiger partial charge in [0.1, 0.15) is 5.82 Å². The average molecular weight is 301 g/mol. The lowest BCUT2D eigenvalue weighted by molar-refractivity contribution is 0.122. The van der Waals surface area contributed by atoms with Crippen LogP contribution in [0, 0.1) is 0 Å². The molecule has 22 heavy (non-hydrogen) atoms. The zero-order valence-electron chi connectivity index (χ0n) is 13.6. The van der Waals surface area contributed by atoms with Gasteiger partial charge in [-0.3, -0.25) is 9.58 Å². The number of piperidine rings is 1. The number of hydrogen-bond donors (Lipinski definition) is 0. The van der Waals surface area contributed by atoms with Crippen LogP contribution < -0.4 is 0 Å². The van der Waals surface area contributed by atoms with Gasteiger partial charge in [-0.2, -0.15) is 5.10 Å². The number of likely N-dealkylation sites (tertiary alicyclic amines) is 1. The maximum Gasteiger partial charge on any atom is 0.122 e. The van der Waals surface area contributed by atoms with Crippen molar-refractivity contribution in [2.45, 2.75) is 64.7 Å². The van der Waals surface area contributed by atoms with Crippen molar-refractivity contribution in [3.8, 4) is 0 Å². The van der Waals surface area contributed by atoms with Crippen molar-refractivity contribution >= 4 is 0 Å². The first-order valence-electron chi connectivity index (χ1n) is 8.58. The summed E-state index contributed by atoms with van der Waals surface area (Å²) in [6, 6.07) is 2.66. The van der Waals surface area contributed by atoms with Gasteiger partial charge >= 0.3 is 0 Å². The third-order valence-corrected chi connectivity index (χ3v) is 4.61. The zero-order valence-corrected chi connectivity index (χ0v) is 13.6. The number of rotatable bonds is 7. The zero-order chi connectivity index (χ0) is 15.2. The lowest BCUT2D eigenvalue weighted by Crippen LogP contribution is -2.40. The predicted molar refractivity (Wildman–Crippen MR) is 87.4 cm³/mol. The van der Waals surface area contributed by atoms with Crippen molar-refractivity contribution in [2.75, 3.05) is 6.54 Å². The second-order valence-electron chi connectivity index (χ2n) is 6.21. The Morgan fingerprint density at radius 1 is 1.18 bits per heavy atom. The second-order valence-corrected chi connectivity index (χ2v) is 6.21. The van der Waals surface area contributed by atoms with Gasteiger partial charge in [-0.1, -0.05) is 13.3 Å². The molecule has 0 aliphatic carbocycles. The molecule has 0 N–H and O–H groups in total. The van der Waals surface area contributed by atoms with E-state index in [4.69, 9.17) is 0 Å². The molecule has 3 rings (SSSR count). The Labute approximate surface area is 133 Å². The predicted octanol–water partition coefficient (Wildman–Crippen LogP) is 2.93. The van der Waals surface area contributed by atoms with Gasteiger partial charge in [0.2, 0.25) is 0 Å². The van der Waals surface area contributed by atoms with Crippen LogP contribution in [0.15, 0.2) is 30.9 Å². The summed E-state index contributed by atoms with van der Waals surface area (Å²) >= 11 is 0. The van der Waals surface area contributed by atoms with Crippen molar-refractivity contribution < 1.29 is 0 Å². The van der Waals surface area contributed by atoms with Crippen LogP contribution in [0.2, 0.25) is 0 Å². The van der Waals surface area contributed by atoms with Crippen LogP contribution in [-0.4, -0.2) is 36.8 Å². The summed E-state index contributed by atoms with van der Waals surface area (Å²) in [7, 11) is 0. The molecule has 1 aliphatic heterocycles. The molecule has 5 nitrogen and oxygen atoms in total. The van der Waals surface area contributed by atoms with Crippen molar-refractivity contribution in [3.05, 3.63) is 36.7 Å². The lowest BCUT2D eigenvalue weighted by atomic mass is 9.99. The highest BCUT2D eigenvalue weighted by atomic mass is 15.3. The molecule has 1 fully saturated rings. The van der Waals surface area contributed by atoms with Gasteiger partial charge in [0.15, 0.2) is 0 Å². The van der Waals surface area contributed by atoms with E-state index < -0.39 is 0 Å². The molecule has 120 valence electrons. The molecule has 5 heteroatoms. The van der Waals surface area contributed by atoms with Gasteiger partial charge in [-0.15, -0.1) is 0 Å². The van der Waals surface area contributed by atoms with E-state index in [1.165, 1.54) is 38.1 Å². The number of imidazole rings is 1. The van der Waals surface area contributed by atoms with E-state index >= 15 is 0 Å². The number of aromatic nitrogens is 4. The average Bonchev–Trinajstić information content (AvgIpc) is 3.19. The Hall–Kier alpha value is -1.62. The van der Waals surface area contributed by atoms with E-state index in [9.17, 15) is 0 Å². The van der Waals surface area contributed by atoms with E-state index in [1.54, 1.807) is 0 Å². The third-order valence-electron chi connectivity index (χ3n) is 4.61. The fourth-order valence-corrected chi connectivity index (χ4v) is 3.43. The molecule has 1 atom stereocenters. The van der Waals surface area contributed by atoms with Gasteiger partial charge in [-0.05, 0) is 38.3 Å². The smallest absolute Gasteiger partial charge is 0.122 e. The van der Waals surface area contributed by atoms with Crippen LogP contribution in [-0.2, 0) is 19.6 Å². The highest BCUT2D eigenvalue weighted by molar-refractivity contribution is 4.94. The van der Waals surface area contributed by atoms with Crippen LogP contribution in [0.3, 0.4) is 0 Å². The molecule has 0 saturated carbocycles. The maximum absolute atomic E-state index is 4.58. The fourth-order valence-electron chi connectivity index (χ4n) is 3.43. The minimum atomic E-state index is 0.657. The molecule has 3 heterocycles. The first-order valence-corrected chi connectivity index (χ1v) is 8.58. The summed E-state index contributed by atoms with van der Waals surface area (Å²) in [6.07, 6.45) is 14.3. The summed E-state index contributed by atoms with van der Waals surface area (Å²) < 4.78 is 4.35. The molecule has 1 saturated heterocycles. The molecule has 0 aromatic carbocycles. The Morgan fingerprint density at radius 2 is 2.14 bits per heavy atom.